The van der Waals surface area contributed by atoms with Crippen LogP contribution < -0.4 is 37.2 Å². The van der Waals surface area contributed by atoms with Crippen molar-refractivity contribution in [3.63, 3.8) is 0 Å². The van der Waals surface area contributed by atoms with E-state index in [0.29, 0.717) is 0 Å². The molecule has 1 aliphatic rings. The van der Waals surface area contributed by atoms with Crippen molar-refractivity contribution in [2.24, 2.45) is 0 Å². The van der Waals surface area contributed by atoms with Gasteiger partial charge < -0.3 is 37.2 Å². The Morgan fingerprint density at radius 2 is 1.43 bits per heavy atom. The summed E-state index contributed by atoms with van der Waals surface area (Å²) in [6.07, 6.45) is 3.35. The summed E-state index contributed by atoms with van der Waals surface area (Å²) in [4.78, 5) is 0. The Hall–Kier alpha value is 1.27. The van der Waals surface area contributed by atoms with Crippen molar-refractivity contribution in [2.75, 3.05) is 0 Å². The van der Waals surface area contributed by atoms with Crippen LogP contribution in [0.4, 0.5) is 0 Å². The first-order chi connectivity index (χ1) is 1.89. The van der Waals surface area contributed by atoms with Gasteiger partial charge in [-0.1, -0.05) is 0 Å². The van der Waals surface area contributed by atoms with E-state index in [4.69, 9.17) is 0 Å². The van der Waals surface area contributed by atoms with Crippen LogP contribution in [-0.4, -0.2) is 0 Å². The Morgan fingerprint density at radius 1 is 1.29 bits per heavy atom. The molecule has 0 spiro atoms. The molecule has 0 heterocycles. The molecule has 0 fully saturated rings. The average molecular weight is 252 g/mol. The van der Waals surface area contributed by atoms with E-state index in [1.165, 1.54) is 10.5 Å². The van der Waals surface area contributed by atoms with Crippen LogP contribution >= 0.6 is 0 Å². The van der Waals surface area contributed by atoms with Gasteiger partial charge in [-0.2, -0.15) is 0 Å². The second-order valence-corrected chi connectivity index (χ2v) is 1.81. The van der Waals surface area contributed by atoms with Crippen molar-refractivity contribution in [2.45, 2.75) is 6.42 Å². The van der Waals surface area contributed by atoms with Crippen LogP contribution in [0, 0.1) is 0 Å². The van der Waals surface area contributed by atoms with E-state index in [2.05, 4.69) is 25.3 Å². The maximum atomic E-state index is 3.02. The van der Waals surface area contributed by atoms with Crippen LogP contribution in [0.15, 0.2) is 10.1 Å². The zero-order chi connectivity index (χ0) is 2.99. The van der Waals surface area contributed by atoms with Crippen molar-refractivity contribution in [1.29, 1.82) is 0 Å². The average Bonchev–Trinajstić information content (AvgIpc) is 1.75. The van der Waals surface area contributed by atoms with E-state index in [9.17, 15) is 0 Å². The van der Waals surface area contributed by atoms with Gasteiger partial charge in [0, 0.05) is 0 Å². The third-order valence-electron chi connectivity index (χ3n) is 0.333. The van der Waals surface area contributed by atoms with Crippen LogP contribution in [0.2, 0.25) is 0 Å². The summed E-state index contributed by atoms with van der Waals surface area (Å²) >= 11 is 3.02. The predicted molar refractivity (Wildman–Crippen MR) is 12.7 cm³/mol. The molecule has 0 nitrogen and oxygen atoms in total. The molecular weight excluding hydrogens is 249 g/mol. The molecule has 0 aliphatic heterocycles. The molecular formula is C3H3Cl3Pd. The van der Waals surface area contributed by atoms with E-state index in [1.54, 1.807) is 0 Å². The Morgan fingerprint density at radius 3 is 1.43 bits per heavy atom. The van der Waals surface area contributed by atoms with Crippen LogP contribution in [0.1, 0.15) is 6.42 Å². The van der Waals surface area contributed by atoms with Gasteiger partial charge in [-0.3, -0.25) is 0 Å². The third-order valence-corrected chi connectivity index (χ3v) is 0.968. The molecule has 0 aromatic rings. The van der Waals surface area contributed by atoms with Crippen LogP contribution in [0.25, 0.3) is 0 Å². The number of rotatable bonds is 0. The summed E-state index contributed by atoms with van der Waals surface area (Å²) < 4.78 is 1.39. The van der Waals surface area contributed by atoms with Crippen LogP contribution in [-0.2, 0) is 19.2 Å². The molecule has 46 valence electrons. The molecule has 7 heavy (non-hydrogen) atoms. The summed E-state index contributed by atoms with van der Waals surface area (Å²) in [5, 5.41) is 0. The summed E-state index contributed by atoms with van der Waals surface area (Å²) in [6, 6.07) is 0. The quantitative estimate of drug-likeness (QED) is 0.376. The van der Waals surface area contributed by atoms with Gasteiger partial charge in [0.05, 0.1) is 0 Å². The van der Waals surface area contributed by atoms with E-state index >= 15 is 0 Å². The Balaban J connectivity index is -0.0000000533. The molecule has 1 rings (SSSR count). The van der Waals surface area contributed by atoms with Crippen LogP contribution in [0.5, 0.6) is 0 Å². The molecule has 0 aromatic carbocycles. The van der Waals surface area contributed by atoms with E-state index in [0.717, 1.165) is 0 Å². The van der Waals surface area contributed by atoms with Gasteiger partial charge >= 0.3 is 35.7 Å². The maximum absolute atomic E-state index is 3.02. The summed E-state index contributed by atoms with van der Waals surface area (Å²) in [5.74, 6) is 0. The number of hydrogen-bond acceptors (Lipinski definition) is 0. The number of hydrogen-bond donors (Lipinski definition) is 0. The molecule has 4 heteroatoms. The van der Waals surface area contributed by atoms with Gasteiger partial charge in [0.1, 0.15) is 0 Å². The zero-order valence-corrected chi connectivity index (χ0v) is 7.06. The minimum absolute atomic E-state index is 0. The first kappa shape index (κ1) is 15.7. The van der Waals surface area contributed by atoms with Gasteiger partial charge in [0.15, 0.2) is 0 Å². The normalized spacial score (nSPS) is 11.3. The molecule has 0 radical (unpaired) electrons. The van der Waals surface area contributed by atoms with Crippen molar-refractivity contribution in [1.82, 2.24) is 0 Å². The minimum atomic E-state index is 0. The van der Waals surface area contributed by atoms with Crippen LogP contribution in [0.3, 0.4) is 0 Å². The predicted octanol–water partition coefficient (Wildman–Crippen LogP) is -8.17. The van der Waals surface area contributed by atoms with Crippen molar-refractivity contribution in [3.05, 3.63) is 10.1 Å². The van der Waals surface area contributed by atoms with Gasteiger partial charge in [0.2, 0.25) is 0 Å². The zero-order valence-electron chi connectivity index (χ0n) is 3.23. The molecule has 0 atom stereocenters. The molecule has 0 N–H and O–H groups in total. The Bertz CT molecular complexity index is 61.2. The molecule has 0 bridgehead atoms. The summed E-state index contributed by atoms with van der Waals surface area (Å²) in [7, 11) is 0. The molecule has 0 saturated heterocycles. The molecule has 0 saturated carbocycles. The van der Waals surface area contributed by atoms with Gasteiger partial charge in [-0.05, 0) is 0 Å². The van der Waals surface area contributed by atoms with Gasteiger partial charge in [-0.15, -0.1) is 0 Å². The third kappa shape index (κ3) is 11.1. The van der Waals surface area contributed by atoms with Crippen molar-refractivity contribution >= 4 is 0 Å². The van der Waals surface area contributed by atoms with Gasteiger partial charge in [0.25, 0.3) is 0 Å². The summed E-state index contributed by atoms with van der Waals surface area (Å²) in [5.41, 5.74) is 0. The van der Waals surface area contributed by atoms with Crippen molar-refractivity contribution < 1.29 is 56.4 Å². The van der Waals surface area contributed by atoms with Gasteiger partial charge in [-0.25, -0.2) is 0 Å². The second kappa shape index (κ2) is 7.27. The summed E-state index contributed by atoms with van der Waals surface area (Å²) in [6.45, 7) is 0. The Labute approximate surface area is 72.8 Å². The second-order valence-electron chi connectivity index (χ2n) is 0.815. The number of allylic oxidation sites excluding steroid dienone is 2. The van der Waals surface area contributed by atoms with Crippen molar-refractivity contribution in [3.8, 4) is 0 Å². The molecule has 0 unspecified atom stereocenters. The van der Waals surface area contributed by atoms with E-state index < -0.39 is 0 Å². The Kier molecular flexibility index (Phi) is 16.4. The number of halogens is 3. The molecule has 1 aliphatic carbocycles. The molecule has 0 amide bonds. The van der Waals surface area contributed by atoms with E-state index in [1.807, 2.05) is 0 Å². The fourth-order valence-electron chi connectivity index (χ4n) is 0.0323. The fourth-order valence-corrected chi connectivity index (χ4v) is 0.191. The first-order valence-corrected chi connectivity index (χ1v) is 1.99. The topological polar surface area (TPSA) is 0 Å². The van der Waals surface area contributed by atoms with E-state index in [-0.39, 0.29) is 37.2 Å². The SMILES string of the molecule is [Cl-].[Cl-].[Cl-].[Pd+3][C]1=CC1. The first-order valence-electron chi connectivity index (χ1n) is 1.21. The molecule has 0 aromatic heterocycles. The standard InChI is InChI=1S/C3H3.3ClH.Pd/c1-2-3-1;;;;/h1H,2H2;3*1H;/q;;;;+3/p-3. The monoisotopic (exact) mass is 250 g/mol. The fraction of sp³-hybridized carbons (Fsp3) is 0.333.